The van der Waals surface area contributed by atoms with E-state index in [1.54, 1.807) is 45.6 Å². The first-order valence-electron chi connectivity index (χ1n) is 10.4. The topological polar surface area (TPSA) is 113 Å². The van der Waals surface area contributed by atoms with Crippen molar-refractivity contribution in [3.8, 4) is 34.3 Å². The minimum absolute atomic E-state index is 0.0791. The summed E-state index contributed by atoms with van der Waals surface area (Å²) in [6, 6.07) is 16.7. The van der Waals surface area contributed by atoms with Crippen molar-refractivity contribution >= 4 is 23.9 Å². The van der Waals surface area contributed by atoms with Crippen LogP contribution in [0.1, 0.15) is 5.76 Å². The number of amides is 1. The zero-order chi connectivity index (χ0) is 24.6. The van der Waals surface area contributed by atoms with E-state index in [0.29, 0.717) is 39.6 Å². The van der Waals surface area contributed by atoms with Crippen LogP contribution in [0.25, 0.3) is 17.1 Å². The summed E-state index contributed by atoms with van der Waals surface area (Å²) in [5.74, 6) is 2.34. The molecule has 0 fully saturated rings. The molecule has 2 aromatic heterocycles. The quantitative estimate of drug-likeness (QED) is 0.202. The summed E-state index contributed by atoms with van der Waals surface area (Å²) in [5, 5.41) is 13.2. The number of rotatable bonds is 10. The van der Waals surface area contributed by atoms with Crippen molar-refractivity contribution in [3.05, 3.63) is 66.6 Å². The smallest absolute Gasteiger partial charge is 0.250 e. The number of hydrogen-bond donors (Lipinski definition) is 1. The lowest BCUT2D eigenvalue weighted by molar-refractivity contribution is -0.118. The molecule has 0 spiro atoms. The number of carbonyl (C=O) groups excluding carboxylic acids is 1. The number of furan rings is 1. The Morgan fingerprint density at radius 2 is 1.80 bits per heavy atom. The van der Waals surface area contributed by atoms with Crippen LogP contribution in [0.4, 0.5) is 0 Å². The largest absolute Gasteiger partial charge is 0.493 e. The Hall–Kier alpha value is -4.25. The number of thioether (sulfide) groups is 1. The zero-order valence-electron chi connectivity index (χ0n) is 19.3. The van der Waals surface area contributed by atoms with E-state index in [2.05, 4.69) is 20.7 Å². The summed E-state index contributed by atoms with van der Waals surface area (Å²) in [5.41, 5.74) is 4.01. The van der Waals surface area contributed by atoms with Gasteiger partial charge in [0.05, 0.1) is 39.6 Å². The fourth-order valence-electron chi connectivity index (χ4n) is 3.27. The van der Waals surface area contributed by atoms with Gasteiger partial charge in [-0.15, -0.1) is 10.2 Å². The molecule has 0 aliphatic heterocycles. The molecule has 2 aromatic carbocycles. The SMILES string of the molecule is COc1cc(-c2nnc(SCC(=O)N/N=C/c3ccco3)n2-c2ccccc2)cc(OC)c1OC. The first kappa shape index (κ1) is 23.9. The Morgan fingerprint density at radius 1 is 1.06 bits per heavy atom. The monoisotopic (exact) mass is 493 g/mol. The number of methoxy groups -OCH3 is 3. The van der Waals surface area contributed by atoms with Gasteiger partial charge in [0.25, 0.3) is 5.91 Å². The molecule has 0 aliphatic rings. The summed E-state index contributed by atoms with van der Waals surface area (Å²) in [6.07, 6.45) is 2.96. The number of nitrogens with zero attached hydrogens (tertiary/aromatic N) is 4. The number of ether oxygens (including phenoxy) is 3. The number of hydrogen-bond acceptors (Lipinski definition) is 9. The molecular weight excluding hydrogens is 470 g/mol. The first-order chi connectivity index (χ1) is 17.1. The highest BCUT2D eigenvalue weighted by Crippen LogP contribution is 2.41. The maximum atomic E-state index is 12.3. The number of benzene rings is 2. The minimum Gasteiger partial charge on any atom is -0.493 e. The van der Waals surface area contributed by atoms with Gasteiger partial charge in [-0.25, -0.2) is 5.43 Å². The third kappa shape index (κ3) is 5.46. The Labute approximate surface area is 205 Å². The molecule has 0 saturated heterocycles. The molecule has 0 bridgehead atoms. The van der Waals surface area contributed by atoms with Crippen LogP contribution >= 0.6 is 11.8 Å². The third-order valence-electron chi connectivity index (χ3n) is 4.83. The van der Waals surface area contributed by atoms with Gasteiger partial charge in [0.15, 0.2) is 22.5 Å². The number of carbonyl (C=O) groups is 1. The fourth-order valence-corrected chi connectivity index (χ4v) is 4.01. The molecule has 11 heteroatoms. The average Bonchev–Trinajstić information content (AvgIpc) is 3.57. The van der Waals surface area contributed by atoms with Crippen LogP contribution in [0.5, 0.6) is 17.2 Å². The molecule has 10 nitrogen and oxygen atoms in total. The van der Waals surface area contributed by atoms with Crippen LogP contribution in [0.3, 0.4) is 0 Å². The second-order valence-electron chi connectivity index (χ2n) is 6.99. The standard InChI is InChI=1S/C24H23N5O5S/c1-31-19-12-16(13-20(32-2)22(19)33-3)23-27-28-24(29(23)17-8-5-4-6-9-17)35-15-21(30)26-25-14-18-10-7-11-34-18/h4-14H,15H2,1-3H3,(H,26,30)/b25-14+. The lowest BCUT2D eigenvalue weighted by Gasteiger charge is -2.15. The van der Waals surface area contributed by atoms with Crippen LogP contribution < -0.4 is 19.6 Å². The number of hydrazone groups is 1. The molecule has 180 valence electrons. The highest BCUT2D eigenvalue weighted by molar-refractivity contribution is 7.99. The van der Waals surface area contributed by atoms with Gasteiger partial charge in [-0.3, -0.25) is 9.36 Å². The van der Waals surface area contributed by atoms with Crippen LogP contribution in [0.15, 0.2) is 75.5 Å². The van der Waals surface area contributed by atoms with Gasteiger partial charge in [-0.05, 0) is 36.4 Å². The van der Waals surface area contributed by atoms with Gasteiger partial charge in [-0.2, -0.15) is 5.10 Å². The van der Waals surface area contributed by atoms with E-state index < -0.39 is 0 Å². The summed E-state index contributed by atoms with van der Waals surface area (Å²) < 4.78 is 23.4. The molecular formula is C24H23N5O5S. The Kier molecular flexibility index (Phi) is 7.68. The average molecular weight is 494 g/mol. The summed E-state index contributed by atoms with van der Waals surface area (Å²) in [6.45, 7) is 0. The van der Waals surface area contributed by atoms with E-state index in [4.69, 9.17) is 18.6 Å². The van der Waals surface area contributed by atoms with E-state index in [1.807, 2.05) is 34.9 Å². The second-order valence-corrected chi connectivity index (χ2v) is 7.93. The molecule has 1 amide bonds. The van der Waals surface area contributed by atoms with Crippen molar-refractivity contribution in [2.45, 2.75) is 5.16 Å². The number of nitrogens with one attached hydrogen (secondary N) is 1. The van der Waals surface area contributed by atoms with Gasteiger partial charge < -0.3 is 18.6 Å². The van der Waals surface area contributed by atoms with Crippen LogP contribution in [0.2, 0.25) is 0 Å². The normalized spacial score (nSPS) is 10.9. The van der Waals surface area contributed by atoms with E-state index >= 15 is 0 Å². The minimum atomic E-state index is -0.297. The molecule has 0 unspecified atom stereocenters. The predicted octanol–water partition coefficient (Wildman–Crippen LogP) is 3.80. The highest BCUT2D eigenvalue weighted by atomic mass is 32.2. The van der Waals surface area contributed by atoms with Crippen molar-refractivity contribution < 1.29 is 23.4 Å². The molecule has 1 N–H and O–H groups in total. The highest BCUT2D eigenvalue weighted by Gasteiger charge is 2.21. The zero-order valence-corrected chi connectivity index (χ0v) is 20.1. The van der Waals surface area contributed by atoms with E-state index in [9.17, 15) is 4.79 Å². The Balaban J connectivity index is 1.63. The van der Waals surface area contributed by atoms with Crippen molar-refractivity contribution in [2.75, 3.05) is 27.1 Å². The van der Waals surface area contributed by atoms with Crippen LogP contribution in [0, 0.1) is 0 Å². The molecule has 0 saturated carbocycles. The molecule has 2 heterocycles. The molecule has 0 atom stereocenters. The van der Waals surface area contributed by atoms with Crippen molar-refractivity contribution in [1.82, 2.24) is 20.2 Å². The Morgan fingerprint density at radius 3 is 2.43 bits per heavy atom. The third-order valence-corrected chi connectivity index (χ3v) is 5.76. The fraction of sp³-hybridized carbons (Fsp3) is 0.167. The van der Waals surface area contributed by atoms with E-state index in [1.165, 1.54) is 24.2 Å². The predicted molar refractivity (Wildman–Crippen MR) is 132 cm³/mol. The lowest BCUT2D eigenvalue weighted by Crippen LogP contribution is -2.19. The van der Waals surface area contributed by atoms with Crippen LogP contribution in [-0.2, 0) is 4.79 Å². The van der Waals surface area contributed by atoms with Gasteiger partial charge in [-0.1, -0.05) is 30.0 Å². The second kappa shape index (κ2) is 11.3. The van der Waals surface area contributed by atoms with Gasteiger partial charge in [0, 0.05) is 11.3 Å². The molecule has 4 aromatic rings. The van der Waals surface area contributed by atoms with Crippen LogP contribution in [-0.4, -0.2) is 54.0 Å². The van der Waals surface area contributed by atoms with Crippen molar-refractivity contribution in [3.63, 3.8) is 0 Å². The summed E-state index contributed by atoms with van der Waals surface area (Å²) in [7, 11) is 4.65. The molecule has 4 rings (SSSR count). The number of aromatic nitrogens is 3. The Bertz CT molecular complexity index is 1280. The van der Waals surface area contributed by atoms with E-state index in [0.717, 1.165) is 5.69 Å². The van der Waals surface area contributed by atoms with Gasteiger partial charge in [0.1, 0.15) is 5.76 Å². The summed E-state index contributed by atoms with van der Waals surface area (Å²) >= 11 is 1.23. The molecule has 0 aliphatic carbocycles. The van der Waals surface area contributed by atoms with Gasteiger partial charge in [0.2, 0.25) is 5.75 Å². The molecule has 35 heavy (non-hydrogen) atoms. The maximum Gasteiger partial charge on any atom is 0.250 e. The van der Waals surface area contributed by atoms with Gasteiger partial charge >= 0.3 is 0 Å². The lowest BCUT2D eigenvalue weighted by atomic mass is 10.1. The molecule has 0 radical (unpaired) electrons. The maximum absolute atomic E-state index is 12.3. The summed E-state index contributed by atoms with van der Waals surface area (Å²) in [4.78, 5) is 12.3. The van der Waals surface area contributed by atoms with Crippen molar-refractivity contribution in [1.29, 1.82) is 0 Å². The van der Waals surface area contributed by atoms with Crippen molar-refractivity contribution in [2.24, 2.45) is 5.10 Å². The van der Waals surface area contributed by atoms with E-state index in [-0.39, 0.29) is 11.7 Å². The number of para-hydroxylation sites is 1. The first-order valence-corrected chi connectivity index (χ1v) is 11.4.